The van der Waals surface area contributed by atoms with E-state index in [0.717, 1.165) is 24.2 Å². The number of ether oxygens (including phenoxy) is 2. The molecule has 0 radical (unpaired) electrons. The van der Waals surface area contributed by atoms with E-state index in [-0.39, 0.29) is 0 Å². The van der Waals surface area contributed by atoms with Gasteiger partial charge in [-0.3, -0.25) is 0 Å². The number of methoxy groups -OCH3 is 2. The highest BCUT2D eigenvalue weighted by Crippen LogP contribution is 2.31. The maximum absolute atomic E-state index is 5.24. The van der Waals surface area contributed by atoms with E-state index >= 15 is 0 Å². The number of hydrogen-bond donors (Lipinski definition) is 0. The SMILES string of the molecule is CCCc1noc(-c2ccc(OC)c(OC)c2)n1. The van der Waals surface area contributed by atoms with E-state index in [0.29, 0.717) is 17.4 Å². The number of hydrogen-bond acceptors (Lipinski definition) is 5. The molecule has 2 rings (SSSR count). The minimum atomic E-state index is 0.499. The highest BCUT2D eigenvalue weighted by molar-refractivity contribution is 5.59. The Balaban J connectivity index is 2.31. The first kappa shape index (κ1) is 12.4. The maximum atomic E-state index is 5.24. The van der Waals surface area contributed by atoms with Crippen LogP contribution in [0.2, 0.25) is 0 Å². The summed E-state index contributed by atoms with van der Waals surface area (Å²) in [5.41, 5.74) is 0.822. The quantitative estimate of drug-likeness (QED) is 0.814. The van der Waals surface area contributed by atoms with Crippen LogP contribution in [0.15, 0.2) is 22.7 Å². The number of benzene rings is 1. The molecule has 1 heterocycles. The molecule has 0 spiro atoms. The lowest BCUT2D eigenvalue weighted by Gasteiger charge is -2.07. The van der Waals surface area contributed by atoms with E-state index in [9.17, 15) is 0 Å². The fraction of sp³-hybridized carbons (Fsp3) is 0.385. The monoisotopic (exact) mass is 248 g/mol. The maximum Gasteiger partial charge on any atom is 0.258 e. The van der Waals surface area contributed by atoms with Crippen LogP contribution in [-0.2, 0) is 6.42 Å². The summed E-state index contributed by atoms with van der Waals surface area (Å²) in [4.78, 5) is 4.33. The van der Waals surface area contributed by atoms with Crippen molar-refractivity contribution >= 4 is 0 Å². The van der Waals surface area contributed by atoms with Crippen molar-refractivity contribution in [3.05, 3.63) is 24.0 Å². The third-order valence-electron chi connectivity index (χ3n) is 2.57. The highest BCUT2D eigenvalue weighted by atomic mass is 16.5. The van der Waals surface area contributed by atoms with E-state index in [1.807, 2.05) is 18.2 Å². The van der Waals surface area contributed by atoms with Crippen molar-refractivity contribution in [2.24, 2.45) is 0 Å². The summed E-state index contributed by atoms with van der Waals surface area (Å²) < 4.78 is 15.6. The Kier molecular flexibility index (Phi) is 3.82. The van der Waals surface area contributed by atoms with Gasteiger partial charge in [0.2, 0.25) is 0 Å². The van der Waals surface area contributed by atoms with Gasteiger partial charge in [0.05, 0.1) is 14.2 Å². The lowest BCUT2D eigenvalue weighted by atomic mass is 10.2. The molecule has 0 N–H and O–H groups in total. The molecule has 0 saturated carbocycles. The van der Waals surface area contributed by atoms with Gasteiger partial charge in [0.15, 0.2) is 17.3 Å². The Morgan fingerprint density at radius 2 is 1.94 bits per heavy atom. The van der Waals surface area contributed by atoms with E-state index in [1.54, 1.807) is 14.2 Å². The highest BCUT2D eigenvalue weighted by Gasteiger charge is 2.11. The van der Waals surface area contributed by atoms with Crippen molar-refractivity contribution < 1.29 is 14.0 Å². The van der Waals surface area contributed by atoms with Crippen LogP contribution in [-0.4, -0.2) is 24.4 Å². The van der Waals surface area contributed by atoms with Crippen LogP contribution in [0.25, 0.3) is 11.5 Å². The van der Waals surface area contributed by atoms with Gasteiger partial charge in [-0.1, -0.05) is 12.1 Å². The zero-order valence-electron chi connectivity index (χ0n) is 10.8. The lowest BCUT2D eigenvalue weighted by molar-refractivity contribution is 0.355. The standard InChI is InChI=1S/C13H16N2O3/c1-4-5-12-14-13(18-15-12)9-6-7-10(16-2)11(8-9)17-3/h6-8H,4-5H2,1-3H3. The van der Waals surface area contributed by atoms with E-state index in [2.05, 4.69) is 17.1 Å². The molecule has 0 aliphatic carbocycles. The van der Waals surface area contributed by atoms with Crippen molar-refractivity contribution in [2.75, 3.05) is 14.2 Å². The van der Waals surface area contributed by atoms with Crippen molar-refractivity contribution in [3.8, 4) is 23.0 Å². The summed E-state index contributed by atoms with van der Waals surface area (Å²) in [5.74, 6) is 2.54. The lowest BCUT2D eigenvalue weighted by Crippen LogP contribution is -1.91. The minimum Gasteiger partial charge on any atom is -0.493 e. The van der Waals surface area contributed by atoms with Crippen LogP contribution in [0.3, 0.4) is 0 Å². The van der Waals surface area contributed by atoms with Crippen molar-refractivity contribution in [3.63, 3.8) is 0 Å². The van der Waals surface area contributed by atoms with Crippen molar-refractivity contribution in [2.45, 2.75) is 19.8 Å². The second-order valence-corrected chi connectivity index (χ2v) is 3.84. The topological polar surface area (TPSA) is 57.4 Å². The van der Waals surface area contributed by atoms with Gasteiger partial charge in [-0.05, 0) is 24.6 Å². The predicted molar refractivity (Wildman–Crippen MR) is 66.8 cm³/mol. The molecule has 5 heteroatoms. The Labute approximate surface area is 106 Å². The van der Waals surface area contributed by atoms with E-state index in [1.165, 1.54) is 0 Å². The zero-order valence-corrected chi connectivity index (χ0v) is 10.8. The predicted octanol–water partition coefficient (Wildman–Crippen LogP) is 2.71. The first-order valence-electron chi connectivity index (χ1n) is 5.83. The van der Waals surface area contributed by atoms with Crippen LogP contribution in [0.4, 0.5) is 0 Å². The number of aromatic nitrogens is 2. The van der Waals surface area contributed by atoms with Crippen molar-refractivity contribution in [1.82, 2.24) is 10.1 Å². The van der Waals surface area contributed by atoms with Gasteiger partial charge >= 0.3 is 0 Å². The third-order valence-corrected chi connectivity index (χ3v) is 2.57. The summed E-state index contributed by atoms with van der Waals surface area (Å²) in [7, 11) is 3.20. The summed E-state index contributed by atoms with van der Waals surface area (Å²) in [6.07, 6.45) is 1.81. The van der Waals surface area contributed by atoms with E-state index in [4.69, 9.17) is 14.0 Å². The first-order chi connectivity index (χ1) is 8.78. The number of nitrogens with zero attached hydrogens (tertiary/aromatic N) is 2. The molecule has 0 saturated heterocycles. The Bertz CT molecular complexity index is 523. The minimum absolute atomic E-state index is 0.499. The molecule has 0 fully saturated rings. The van der Waals surface area contributed by atoms with Gasteiger partial charge in [0.25, 0.3) is 5.89 Å². The second kappa shape index (κ2) is 5.53. The molecule has 96 valence electrons. The molecule has 0 aliphatic rings. The Morgan fingerprint density at radius 3 is 2.61 bits per heavy atom. The summed E-state index contributed by atoms with van der Waals surface area (Å²) in [6.45, 7) is 2.08. The van der Waals surface area contributed by atoms with Crippen LogP contribution >= 0.6 is 0 Å². The van der Waals surface area contributed by atoms with Crippen molar-refractivity contribution in [1.29, 1.82) is 0 Å². The smallest absolute Gasteiger partial charge is 0.258 e. The molecule has 0 aliphatic heterocycles. The van der Waals surface area contributed by atoms with Gasteiger partial charge in [-0.2, -0.15) is 4.98 Å². The average Bonchev–Trinajstić information content (AvgIpc) is 2.87. The summed E-state index contributed by atoms with van der Waals surface area (Å²) in [6, 6.07) is 5.50. The molecule has 0 atom stereocenters. The average molecular weight is 248 g/mol. The van der Waals surface area contributed by atoms with Gasteiger partial charge < -0.3 is 14.0 Å². The first-order valence-corrected chi connectivity index (χ1v) is 5.83. The van der Waals surface area contributed by atoms with Crippen LogP contribution in [0.1, 0.15) is 19.2 Å². The second-order valence-electron chi connectivity index (χ2n) is 3.84. The summed E-state index contributed by atoms with van der Waals surface area (Å²) >= 11 is 0. The van der Waals surface area contributed by atoms with E-state index < -0.39 is 0 Å². The Hall–Kier alpha value is -2.04. The molecular weight excluding hydrogens is 232 g/mol. The fourth-order valence-corrected chi connectivity index (χ4v) is 1.67. The van der Waals surface area contributed by atoms with Gasteiger partial charge in [-0.25, -0.2) is 0 Å². The molecule has 0 bridgehead atoms. The summed E-state index contributed by atoms with van der Waals surface area (Å²) in [5, 5.41) is 3.92. The molecule has 5 nitrogen and oxygen atoms in total. The molecule has 0 amide bonds. The molecule has 1 aromatic heterocycles. The normalized spacial score (nSPS) is 10.4. The number of rotatable bonds is 5. The molecular formula is C13H16N2O3. The van der Waals surface area contributed by atoms with Crippen LogP contribution in [0.5, 0.6) is 11.5 Å². The van der Waals surface area contributed by atoms with Crippen LogP contribution in [0, 0.1) is 0 Å². The zero-order chi connectivity index (χ0) is 13.0. The van der Waals surface area contributed by atoms with Gasteiger partial charge in [-0.15, -0.1) is 0 Å². The Morgan fingerprint density at radius 1 is 1.17 bits per heavy atom. The molecule has 0 unspecified atom stereocenters. The van der Waals surface area contributed by atoms with Crippen LogP contribution < -0.4 is 9.47 Å². The molecule has 18 heavy (non-hydrogen) atoms. The third kappa shape index (κ3) is 2.45. The number of aryl methyl sites for hydroxylation is 1. The van der Waals surface area contributed by atoms with Gasteiger partial charge in [0, 0.05) is 12.0 Å². The largest absolute Gasteiger partial charge is 0.493 e. The fourth-order valence-electron chi connectivity index (χ4n) is 1.67. The van der Waals surface area contributed by atoms with Gasteiger partial charge in [0.1, 0.15) is 0 Å². The molecule has 2 aromatic rings. The molecule has 1 aromatic carbocycles.